The molecule has 0 radical (unpaired) electrons. The zero-order valence-corrected chi connectivity index (χ0v) is 15.1. The number of rotatable bonds is 3. The first-order valence-electron chi connectivity index (χ1n) is 9.29. The number of ether oxygens (including phenoxy) is 2. The molecule has 1 amide bonds. The summed E-state index contributed by atoms with van der Waals surface area (Å²) in [4.78, 5) is 13.7. The second-order valence-electron chi connectivity index (χ2n) is 7.14. The van der Waals surface area contributed by atoms with Crippen LogP contribution in [0.4, 0.5) is 5.69 Å². The van der Waals surface area contributed by atoms with Crippen molar-refractivity contribution in [3.63, 3.8) is 0 Å². The minimum atomic E-state index is 0.0571. The zero-order chi connectivity index (χ0) is 17.9. The van der Waals surface area contributed by atoms with E-state index in [0.717, 1.165) is 43.1 Å². The van der Waals surface area contributed by atoms with E-state index < -0.39 is 0 Å². The van der Waals surface area contributed by atoms with Crippen LogP contribution in [0.5, 0.6) is 11.5 Å². The number of hydrogen-bond acceptors (Lipinski definition) is 3. The molecule has 0 bridgehead atoms. The van der Waals surface area contributed by atoms with Crippen molar-refractivity contribution in [2.75, 3.05) is 31.6 Å². The summed E-state index contributed by atoms with van der Waals surface area (Å²) in [7, 11) is 0. The van der Waals surface area contributed by atoms with Crippen molar-refractivity contribution in [2.24, 2.45) is 0 Å². The molecular weight excluding hydrogens is 328 g/mol. The van der Waals surface area contributed by atoms with Crippen LogP contribution in [0.25, 0.3) is 0 Å². The van der Waals surface area contributed by atoms with Crippen molar-refractivity contribution >= 4 is 11.6 Å². The monoisotopic (exact) mass is 353 g/mol. The molecule has 0 saturated carbocycles. The van der Waals surface area contributed by atoms with Crippen LogP contribution in [0, 0.1) is 6.92 Å². The first-order chi connectivity index (χ1) is 12.7. The van der Waals surface area contributed by atoms with E-state index in [1.54, 1.807) is 0 Å². The lowest BCUT2D eigenvalue weighted by molar-refractivity contribution is -0.907. The van der Waals surface area contributed by atoms with Crippen LogP contribution in [0.3, 0.4) is 0 Å². The van der Waals surface area contributed by atoms with Gasteiger partial charge in [-0.05, 0) is 36.8 Å². The summed E-state index contributed by atoms with van der Waals surface area (Å²) in [6.45, 7) is 5.71. The Hall–Kier alpha value is -2.53. The Bertz CT molecular complexity index is 802. The van der Waals surface area contributed by atoms with Crippen molar-refractivity contribution in [2.45, 2.75) is 26.3 Å². The van der Waals surface area contributed by atoms with E-state index in [-0.39, 0.29) is 5.91 Å². The number of nitrogens with one attached hydrogen (secondary N) is 2. The van der Waals surface area contributed by atoms with Gasteiger partial charge in [0.15, 0.2) is 18.0 Å². The van der Waals surface area contributed by atoms with Gasteiger partial charge in [0.1, 0.15) is 6.54 Å². The summed E-state index contributed by atoms with van der Waals surface area (Å²) >= 11 is 0. The van der Waals surface area contributed by atoms with Crippen molar-refractivity contribution in [1.82, 2.24) is 0 Å². The molecule has 26 heavy (non-hydrogen) atoms. The highest BCUT2D eigenvalue weighted by Gasteiger charge is 2.24. The predicted octanol–water partition coefficient (Wildman–Crippen LogP) is 1.74. The molecule has 0 spiro atoms. The fourth-order valence-corrected chi connectivity index (χ4v) is 3.58. The quantitative estimate of drug-likeness (QED) is 0.884. The molecule has 2 aliphatic heterocycles. The standard InChI is InChI=1S/C21H24N2O3/c1-15-3-5-18(6-4-15)22-21(24)14-23-8-7-16-11-19-20(12-17(16)13-23)26-10-2-9-25-19/h3-6,11-12H,2,7-10,13-14H2,1H3,(H,22,24)/p+1. The van der Waals surface area contributed by atoms with Crippen molar-refractivity contribution in [3.8, 4) is 11.5 Å². The van der Waals surface area contributed by atoms with Crippen LogP contribution in [0.1, 0.15) is 23.1 Å². The van der Waals surface area contributed by atoms with Crippen molar-refractivity contribution < 1.29 is 19.2 Å². The maximum Gasteiger partial charge on any atom is 0.279 e. The molecule has 4 rings (SSSR count). The van der Waals surface area contributed by atoms with E-state index in [1.807, 2.05) is 31.2 Å². The highest BCUT2D eigenvalue weighted by molar-refractivity contribution is 5.91. The highest BCUT2D eigenvalue weighted by atomic mass is 16.5. The minimum Gasteiger partial charge on any atom is -0.490 e. The largest absolute Gasteiger partial charge is 0.490 e. The van der Waals surface area contributed by atoms with Gasteiger partial charge in [-0.15, -0.1) is 0 Å². The van der Waals surface area contributed by atoms with Crippen LogP contribution in [0.15, 0.2) is 36.4 Å². The van der Waals surface area contributed by atoms with Gasteiger partial charge in [-0.25, -0.2) is 0 Å². The number of benzene rings is 2. The van der Waals surface area contributed by atoms with E-state index in [4.69, 9.17) is 9.47 Å². The van der Waals surface area contributed by atoms with Gasteiger partial charge in [-0.1, -0.05) is 17.7 Å². The Morgan fingerprint density at radius 2 is 1.77 bits per heavy atom. The Morgan fingerprint density at radius 3 is 2.50 bits per heavy atom. The van der Waals surface area contributed by atoms with E-state index in [0.29, 0.717) is 19.8 Å². The number of quaternary nitrogens is 1. The molecule has 5 heteroatoms. The van der Waals surface area contributed by atoms with Crippen LogP contribution >= 0.6 is 0 Å². The molecule has 0 aromatic heterocycles. The lowest BCUT2D eigenvalue weighted by Crippen LogP contribution is -3.12. The SMILES string of the molecule is Cc1ccc(NC(=O)C[NH+]2CCc3cc4c(cc3C2)OCCCO4)cc1. The van der Waals surface area contributed by atoms with Gasteiger partial charge in [-0.2, -0.15) is 0 Å². The predicted molar refractivity (Wildman–Crippen MR) is 100.0 cm³/mol. The second-order valence-corrected chi connectivity index (χ2v) is 7.14. The van der Waals surface area contributed by atoms with E-state index >= 15 is 0 Å². The highest BCUT2D eigenvalue weighted by Crippen LogP contribution is 2.33. The molecule has 2 heterocycles. The average Bonchev–Trinajstić information content (AvgIpc) is 2.86. The zero-order valence-electron chi connectivity index (χ0n) is 15.1. The van der Waals surface area contributed by atoms with Crippen LogP contribution in [-0.2, 0) is 17.8 Å². The van der Waals surface area contributed by atoms with Crippen molar-refractivity contribution in [1.29, 1.82) is 0 Å². The number of aryl methyl sites for hydroxylation is 1. The molecule has 2 aromatic rings. The summed E-state index contributed by atoms with van der Waals surface area (Å²) < 4.78 is 11.6. The van der Waals surface area contributed by atoms with Crippen LogP contribution in [-0.4, -0.2) is 32.2 Å². The molecule has 136 valence electrons. The molecule has 1 unspecified atom stereocenters. The topological polar surface area (TPSA) is 52.0 Å². The Kier molecular flexibility index (Phi) is 4.80. The number of carbonyl (C=O) groups excluding carboxylic acids is 1. The summed E-state index contributed by atoms with van der Waals surface area (Å²) in [5.74, 6) is 1.76. The van der Waals surface area contributed by atoms with Gasteiger partial charge in [0.25, 0.3) is 5.91 Å². The van der Waals surface area contributed by atoms with Gasteiger partial charge in [0, 0.05) is 24.1 Å². The second kappa shape index (κ2) is 7.38. The van der Waals surface area contributed by atoms with Gasteiger partial charge in [0.05, 0.1) is 19.8 Å². The van der Waals surface area contributed by atoms with Gasteiger partial charge >= 0.3 is 0 Å². The molecule has 2 aromatic carbocycles. The minimum absolute atomic E-state index is 0.0571. The molecule has 5 nitrogen and oxygen atoms in total. The first-order valence-corrected chi connectivity index (χ1v) is 9.29. The normalized spacial score (nSPS) is 18.6. The Balaban J connectivity index is 1.40. The fourth-order valence-electron chi connectivity index (χ4n) is 3.58. The third-order valence-corrected chi connectivity index (χ3v) is 5.00. The lowest BCUT2D eigenvalue weighted by atomic mass is 9.99. The summed E-state index contributed by atoms with van der Waals surface area (Å²) in [5.41, 5.74) is 4.62. The molecule has 2 aliphatic rings. The summed E-state index contributed by atoms with van der Waals surface area (Å²) in [6.07, 6.45) is 1.87. The fraction of sp³-hybridized carbons (Fsp3) is 0.381. The van der Waals surface area contributed by atoms with Crippen molar-refractivity contribution in [3.05, 3.63) is 53.1 Å². The average molecular weight is 353 g/mol. The lowest BCUT2D eigenvalue weighted by Gasteiger charge is -2.26. The summed E-state index contributed by atoms with van der Waals surface area (Å²) in [6, 6.07) is 12.1. The molecular formula is C21H25N2O3+. The smallest absolute Gasteiger partial charge is 0.279 e. The van der Waals surface area contributed by atoms with Gasteiger partial charge in [0.2, 0.25) is 0 Å². The number of fused-ring (bicyclic) bond motifs is 2. The number of hydrogen-bond donors (Lipinski definition) is 2. The first kappa shape index (κ1) is 16.9. The van der Waals surface area contributed by atoms with Gasteiger partial charge < -0.3 is 19.7 Å². The van der Waals surface area contributed by atoms with E-state index in [1.165, 1.54) is 21.6 Å². The van der Waals surface area contributed by atoms with E-state index in [2.05, 4.69) is 17.4 Å². The van der Waals surface area contributed by atoms with E-state index in [9.17, 15) is 4.79 Å². The van der Waals surface area contributed by atoms with Gasteiger partial charge in [-0.3, -0.25) is 4.79 Å². The molecule has 0 aliphatic carbocycles. The maximum atomic E-state index is 12.4. The van der Waals surface area contributed by atoms with Crippen LogP contribution < -0.4 is 19.7 Å². The third-order valence-electron chi connectivity index (χ3n) is 5.00. The molecule has 1 atom stereocenters. The number of carbonyl (C=O) groups is 1. The molecule has 0 fully saturated rings. The third kappa shape index (κ3) is 3.83. The maximum absolute atomic E-state index is 12.4. The van der Waals surface area contributed by atoms with Crippen LogP contribution in [0.2, 0.25) is 0 Å². The molecule has 0 saturated heterocycles. The number of amides is 1. The Morgan fingerprint density at radius 1 is 1.08 bits per heavy atom. The Labute approximate surface area is 153 Å². The summed E-state index contributed by atoms with van der Waals surface area (Å²) in [5, 5.41) is 2.99. The molecule has 2 N–H and O–H groups in total. The number of anilines is 1.